The van der Waals surface area contributed by atoms with E-state index in [1.165, 1.54) is 6.07 Å². The number of hydrogen-bond donors (Lipinski definition) is 1. The summed E-state index contributed by atoms with van der Waals surface area (Å²) in [5.41, 5.74) is 1.50. The van der Waals surface area contributed by atoms with Gasteiger partial charge in [0, 0.05) is 11.8 Å². The van der Waals surface area contributed by atoms with Gasteiger partial charge in [0.15, 0.2) is 0 Å². The van der Waals surface area contributed by atoms with Crippen molar-refractivity contribution in [2.75, 3.05) is 18.2 Å². The molecule has 2 rings (SSSR count). The molecule has 0 aromatic heterocycles. The lowest BCUT2D eigenvalue weighted by atomic mass is 10.2. The van der Waals surface area contributed by atoms with E-state index in [2.05, 4.69) is 11.9 Å². The Morgan fingerprint density at radius 2 is 2.25 bits per heavy atom. The van der Waals surface area contributed by atoms with E-state index < -0.39 is 10.1 Å². The minimum absolute atomic E-state index is 0.232. The summed E-state index contributed by atoms with van der Waals surface area (Å²) < 4.78 is 31.9. The number of rotatable bonds is 2. The number of fused-ring (bicyclic) bond motifs is 1. The first-order chi connectivity index (χ1) is 7.44. The van der Waals surface area contributed by atoms with E-state index >= 15 is 0 Å². The van der Waals surface area contributed by atoms with Crippen molar-refractivity contribution in [2.45, 2.75) is 0 Å². The molecule has 0 aliphatic carbocycles. The molecule has 6 heteroatoms. The first-order valence-corrected chi connectivity index (χ1v) is 6.37. The van der Waals surface area contributed by atoms with Crippen LogP contribution in [0.25, 0.3) is 0 Å². The standard InChI is InChI=1S/C10H11NO4S/c1-7-6-14-10-5-8(15-16(2,12)13)3-4-9(10)11-7/h3-5,11H,1,6H2,2H3. The molecule has 1 aliphatic rings. The van der Waals surface area contributed by atoms with E-state index in [9.17, 15) is 8.42 Å². The molecule has 0 spiro atoms. The van der Waals surface area contributed by atoms with Crippen molar-refractivity contribution in [1.29, 1.82) is 0 Å². The minimum atomic E-state index is -3.51. The lowest BCUT2D eigenvalue weighted by Crippen LogP contribution is -2.15. The van der Waals surface area contributed by atoms with E-state index in [0.29, 0.717) is 12.4 Å². The van der Waals surface area contributed by atoms with Crippen LogP contribution in [-0.2, 0) is 10.1 Å². The fourth-order valence-corrected chi connectivity index (χ4v) is 1.80. The van der Waals surface area contributed by atoms with Crippen molar-refractivity contribution in [2.24, 2.45) is 0 Å². The summed E-state index contributed by atoms with van der Waals surface area (Å²) in [7, 11) is -3.51. The monoisotopic (exact) mass is 241 g/mol. The fraction of sp³-hybridized carbons (Fsp3) is 0.200. The van der Waals surface area contributed by atoms with Crippen molar-refractivity contribution in [3.63, 3.8) is 0 Å². The molecule has 5 nitrogen and oxygen atoms in total. The van der Waals surface area contributed by atoms with Crippen LogP contribution >= 0.6 is 0 Å². The third-order valence-electron chi connectivity index (χ3n) is 1.91. The van der Waals surface area contributed by atoms with Gasteiger partial charge in [0.05, 0.1) is 11.9 Å². The van der Waals surface area contributed by atoms with Crippen molar-refractivity contribution in [3.8, 4) is 11.5 Å². The molecule has 0 fully saturated rings. The largest absolute Gasteiger partial charge is 0.485 e. The summed E-state index contributed by atoms with van der Waals surface area (Å²) in [6.07, 6.45) is 0.993. The van der Waals surface area contributed by atoms with Gasteiger partial charge in [-0.15, -0.1) is 0 Å². The van der Waals surface area contributed by atoms with Gasteiger partial charge in [-0.3, -0.25) is 0 Å². The molecule has 0 saturated heterocycles. The molecule has 0 radical (unpaired) electrons. The molecule has 1 aliphatic heterocycles. The van der Waals surface area contributed by atoms with Crippen LogP contribution in [0.3, 0.4) is 0 Å². The minimum Gasteiger partial charge on any atom is -0.485 e. The van der Waals surface area contributed by atoms with E-state index in [0.717, 1.165) is 17.6 Å². The molecule has 0 amide bonds. The Morgan fingerprint density at radius 3 is 2.94 bits per heavy atom. The van der Waals surface area contributed by atoms with Crippen LogP contribution in [0.15, 0.2) is 30.5 Å². The average Bonchev–Trinajstić information content (AvgIpc) is 2.16. The molecule has 0 saturated carbocycles. The molecule has 0 bridgehead atoms. The van der Waals surface area contributed by atoms with Gasteiger partial charge in [-0.05, 0) is 12.1 Å². The zero-order chi connectivity index (χ0) is 11.8. The maximum absolute atomic E-state index is 10.9. The smallest absolute Gasteiger partial charge is 0.306 e. The van der Waals surface area contributed by atoms with Crippen LogP contribution in [0.1, 0.15) is 0 Å². The third kappa shape index (κ3) is 2.46. The van der Waals surface area contributed by atoms with Gasteiger partial charge >= 0.3 is 10.1 Å². The summed E-state index contributed by atoms with van der Waals surface area (Å²) in [5, 5.41) is 3.03. The zero-order valence-electron chi connectivity index (χ0n) is 8.69. The first kappa shape index (κ1) is 10.8. The predicted octanol–water partition coefficient (Wildman–Crippen LogP) is 1.34. The molecule has 0 unspecified atom stereocenters. The Kier molecular flexibility index (Phi) is 2.51. The molecule has 1 N–H and O–H groups in total. The van der Waals surface area contributed by atoms with Crippen molar-refractivity contribution < 1.29 is 17.3 Å². The van der Waals surface area contributed by atoms with E-state index in [1.807, 2.05) is 0 Å². The molecule has 0 atom stereocenters. The molecule has 1 aromatic rings. The van der Waals surface area contributed by atoms with Gasteiger partial charge in [-0.2, -0.15) is 8.42 Å². The van der Waals surface area contributed by atoms with E-state index in [1.54, 1.807) is 12.1 Å². The lowest BCUT2D eigenvalue weighted by molar-refractivity contribution is 0.345. The SMILES string of the molecule is C=C1COc2cc(OS(C)(=O)=O)ccc2N1. The van der Waals surface area contributed by atoms with Crippen LogP contribution in [-0.4, -0.2) is 21.3 Å². The summed E-state index contributed by atoms with van der Waals surface area (Å²) in [6, 6.07) is 4.75. The molecule has 16 heavy (non-hydrogen) atoms. The van der Waals surface area contributed by atoms with Crippen LogP contribution < -0.4 is 14.2 Å². The highest BCUT2D eigenvalue weighted by atomic mass is 32.2. The van der Waals surface area contributed by atoms with Crippen molar-refractivity contribution in [3.05, 3.63) is 30.5 Å². The van der Waals surface area contributed by atoms with Crippen molar-refractivity contribution in [1.82, 2.24) is 0 Å². The van der Waals surface area contributed by atoms with E-state index in [-0.39, 0.29) is 5.75 Å². The molecule has 86 valence electrons. The number of anilines is 1. The second-order valence-corrected chi connectivity index (χ2v) is 5.04. The topological polar surface area (TPSA) is 64.6 Å². The first-order valence-electron chi connectivity index (χ1n) is 4.55. The third-order valence-corrected chi connectivity index (χ3v) is 2.41. The normalized spacial score (nSPS) is 14.7. The predicted molar refractivity (Wildman–Crippen MR) is 60.2 cm³/mol. The lowest BCUT2D eigenvalue weighted by Gasteiger charge is -2.21. The van der Waals surface area contributed by atoms with Crippen LogP contribution in [0.4, 0.5) is 5.69 Å². The molecule has 1 aromatic carbocycles. The second kappa shape index (κ2) is 3.71. The van der Waals surface area contributed by atoms with Gasteiger partial charge in [0.25, 0.3) is 0 Å². The van der Waals surface area contributed by atoms with Crippen LogP contribution in [0.5, 0.6) is 11.5 Å². The Labute approximate surface area is 93.8 Å². The van der Waals surface area contributed by atoms with Gasteiger partial charge in [0.2, 0.25) is 0 Å². The Bertz CT molecular complexity index is 536. The second-order valence-electron chi connectivity index (χ2n) is 3.46. The van der Waals surface area contributed by atoms with E-state index in [4.69, 9.17) is 8.92 Å². The molecular formula is C10H11NO4S. The maximum atomic E-state index is 10.9. The maximum Gasteiger partial charge on any atom is 0.306 e. The molecule has 1 heterocycles. The van der Waals surface area contributed by atoms with Gasteiger partial charge < -0.3 is 14.2 Å². The van der Waals surface area contributed by atoms with Gasteiger partial charge in [-0.1, -0.05) is 6.58 Å². The molecular weight excluding hydrogens is 230 g/mol. The van der Waals surface area contributed by atoms with Gasteiger partial charge in [0.1, 0.15) is 18.1 Å². The number of nitrogens with one attached hydrogen (secondary N) is 1. The summed E-state index contributed by atoms with van der Waals surface area (Å²) >= 11 is 0. The Morgan fingerprint density at radius 1 is 1.50 bits per heavy atom. The summed E-state index contributed by atoms with van der Waals surface area (Å²) in [5.74, 6) is 0.782. The highest BCUT2D eigenvalue weighted by molar-refractivity contribution is 7.86. The number of benzene rings is 1. The Balaban J connectivity index is 2.30. The van der Waals surface area contributed by atoms with Crippen LogP contribution in [0, 0.1) is 0 Å². The van der Waals surface area contributed by atoms with Gasteiger partial charge in [-0.25, -0.2) is 0 Å². The average molecular weight is 241 g/mol. The highest BCUT2D eigenvalue weighted by Gasteiger charge is 2.14. The van der Waals surface area contributed by atoms with Crippen LogP contribution in [0.2, 0.25) is 0 Å². The number of hydrogen-bond acceptors (Lipinski definition) is 5. The summed E-state index contributed by atoms with van der Waals surface area (Å²) in [6.45, 7) is 4.09. The zero-order valence-corrected chi connectivity index (χ0v) is 9.50. The number of ether oxygens (including phenoxy) is 1. The fourth-order valence-electron chi connectivity index (χ4n) is 1.34. The Hall–Kier alpha value is -1.69. The highest BCUT2D eigenvalue weighted by Crippen LogP contribution is 2.33. The quantitative estimate of drug-likeness (QED) is 0.792. The van der Waals surface area contributed by atoms with Crippen molar-refractivity contribution >= 4 is 15.8 Å². The summed E-state index contributed by atoms with van der Waals surface area (Å²) in [4.78, 5) is 0.